The van der Waals surface area contributed by atoms with Crippen LogP contribution in [0.3, 0.4) is 0 Å². The number of aryl methyl sites for hydroxylation is 1. The summed E-state index contributed by atoms with van der Waals surface area (Å²) >= 11 is 5.80. The van der Waals surface area contributed by atoms with Crippen molar-refractivity contribution in [1.29, 1.82) is 0 Å². The van der Waals surface area contributed by atoms with E-state index in [-0.39, 0.29) is 5.28 Å². The highest BCUT2D eigenvalue weighted by molar-refractivity contribution is 6.28. The van der Waals surface area contributed by atoms with Crippen LogP contribution in [0.25, 0.3) is 0 Å². The third kappa shape index (κ3) is 2.66. The number of hydrogen-bond donors (Lipinski definition) is 1. The zero-order chi connectivity index (χ0) is 12.4. The van der Waals surface area contributed by atoms with E-state index in [2.05, 4.69) is 9.97 Å². The van der Waals surface area contributed by atoms with Crippen molar-refractivity contribution < 1.29 is 9.90 Å². The normalized spacial score (nSPS) is 20.4. The zero-order valence-corrected chi connectivity index (χ0v) is 10.3. The Hall–Kier alpha value is -1.36. The van der Waals surface area contributed by atoms with Gasteiger partial charge >= 0.3 is 5.97 Å². The van der Waals surface area contributed by atoms with Crippen molar-refractivity contribution in [2.24, 2.45) is 0 Å². The number of rotatable bonds is 2. The quantitative estimate of drug-likeness (QED) is 0.818. The molecule has 17 heavy (non-hydrogen) atoms. The molecule has 2 heterocycles. The lowest BCUT2D eigenvalue weighted by atomic mass is 10.0. The Morgan fingerprint density at radius 2 is 2.29 bits per heavy atom. The summed E-state index contributed by atoms with van der Waals surface area (Å²) in [5, 5.41) is 9.35. The van der Waals surface area contributed by atoms with Crippen LogP contribution in [-0.2, 0) is 4.79 Å². The second kappa shape index (κ2) is 4.87. The van der Waals surface area contributed by atoms with Gasteiger partial charge in [-0.15, -0.1) is 0 Å². The average Bonchev–Trinajstić information content (AvgIpc) is 2.27. The lowest BCUT2D eigenvalue weighted by Gasteiger charge is -2.33. The Kier molecular flexibility index (Phi) is 3.47. The van der Waals surface area contributed by atoms with Crippen LogP contribution in [-0.4, -0.2) is 33.6 Å². The fourth-order valence-electron chi connectivity index (χ4n) is 2.13. The predicted molar refractivity (Wildman–Crippen MR) is 64.4 cm³/mol. The van der Waals surface area contributed by atoms with E-state index < -0.39 is 12.0 Å². The number of nitrogens with zero attached hydrogens (tertiary/aromatic N) is 3. The van der Waals surface area contributed by atoms with Crippen molar-refractivity contribution in [3.05, 3.63) is 17.0 Å². The van der Waals surface area contributed by atoms with Gasteiger partial charge in [0.25, 0.3) is 0 Å². The minimum absolute atomic E-state index is 0.162. The minimum atomic E-state index is -0.808. The molecule has 0 spiro atoms. The Morgan fingerprint density at radius 1 is 1.53 bits per heavy atom. The SMILES string of the molecule is Cc1cc(N2CCCCC2C(=O)O)nc(Cl)n1. The molecule has 0 amide bonds. The molecular weight excluding hydrogens is 242 g/mol. The Morgan fingerprint density at radius 3 is 2.94 bits per heavy atom. The number of piperidine rings is 1. The molecule has 5 nitrogen and oxygen atoms in total. The van der Waals surface area contributed by atoms with E-state index in [1.807, 2.05) is 6.92 Å². The number of carbonyl (C=O) groups is 1. The predicted octanol–water partition coefficient (Wildman–Crippen LogP) is 1.88. The van der Waals surface area contributed by atoms with Crippen molar-refractivity contribution in [2.45, 2.75) is 32.2 Å². The van der Waals surface area contributed by atoms with E-state index in [1.165, 1.54) is 0 Å². The largest absolute Gasteiger partial charge is 0.480 e. The fourth-order valence-corrected chi connectivity index (χ4v) is 2.35. The van der Waals surface area contributed by atoms with Crippen LogP contribution in [0.2, 0.25) is 5.28 Å². The summed E-state index contributed by atoms with van der Waals surface area (Å²) in [7, 11) is 0. The van der Waals surface area contributed by atoms with E-state index in [0.717, 1.165) is 18.5 Å². The molecule has 6 heteroatoms. The molecule has 1 atom stereocenters. The molecule has 0 bridgehead atoms. The molecule has 0 saturated carbocycles. The van der Waals surface area contributed by atoms with Crippen LogP contribution in [0.1, 0.15) is 25.0 Å². The van der Waals surface area contributed by atoms with E-state index >= 15 is 0 Å². The summed E-state index contributed by atoms with van der Waals surface area (Å²) in [6.07, 6.45) is 2.56. The van der Waals surface area contributed by atoms with Gasteiger partial charge in [0.05, 0.1) is 0 Å². The van der Waals surface area contributed by atoms with Gasteiger partial charge in [-0.25, -0.2) is 14.8 Å². The molecule has 1 N–H and O–H groups in total. The van der Waals surface area contributed by atoms with Crippen LogP contribution in [0.15, 0.2) is 6.07 Å². The molecule has 1 saturated heterocycles. The van der Waals surface area contributed by atoms with Crippen LogP contribution in [0.5, 0.6) is 0 Å². The molecule has 1 aromatic rings. The summed E-state index contributed by atoms with van der Waals surface area (Å²) in [4.78, 5) is 21.1. The van der Waals surface area contributed by atoms with E-state index in [0.29, 0.717) is 18.8 Å². The lowest BCUT2D eigenvalue weighted by Crippen LogP contribution is -2.45. The number of aliphatic carboxylic acids is 1. The summed E-state index contributed by atoms with van der Waals surface area (Å²) in [6.45, 7) is 2.51. The molecule has 1 aromatic heterocycles. The van der Waals surface area contributed by atoms with Gasteiger partial charge in [-0.3, -0.25) is 0 Å². The minimum Gasteiger partial charge on any atom is -0.480 e. The van der Waals surface area contributed by atoms with Gasteiger partial charge in [-0.05, 0) is 37.8 Å². The second-order valence-corrected chi connectivity index (χ2v) is 4.52. The number of carboxylic acids is 1. The first-order valence-electron chi connectivity index (χ1n) is 5.58. The van der Waals surface area contributed by atoms with Crippen molar-refractivity contribution in [3.63, 3.8) is 0 Å². The van der Waals surface area contributed by atoms with E-state index in [1.54, 1.807) is 11.0 Å². The summed E-state index contributed by atoms with van der Waals surface area (Å²) in [5.41, 5.74) is 0.745. The van der Waals surface area contributed by atoms with Crippen LogP contribution < -0.4 is 4.90 Å². The van der Waals surface area contributed by atoms with Crippen molar-refractivity contribution >= 4 is 23.4 Å². The molecule has 1 aliphatic heterocycles. The van der Waals surface area contributed by atoms with Crippen LogP contribution in [0.4, 0.5) is 5.82 Å². The molecule has 2 rings (SSSR count). The number of anilines is 1. The highest BCUT2D eigenvalue weighted by atomic mass is 35.5. The summed E-state index contributed by atoms with van der Waals surface area (Å²) in [5.74, 6) is -0.202. The summed E-state index contributed by atoms with van der Waals surface area (Å²) < 4.78 is 0. The van der Waals surface area contributed by atoms with Crippen molar-refractivity contribution in [2.75, 3.05) is 11.4 Å². The first-order chi connectivity index (χ1) is 8.08. The van der Waals surface area contributed by atoms with E-state index in [9.17, 15) is 9.90 Å². The average molecular weight is 256 g/mol. The van der Waals surface area contributed by atoms with Gasteiger partial charge in [0.15, 0.2) is 0 Å². The van der Waals surface area contributed by atoms with Gasteiger partial charge in [0.1, 0.15) is 11.9 Å². The molecule has 1 aliphatic rings. The first-order valence-corrected chi connectivity index (χ1v) is 5.96. The smallest absolute Gasteiger partial charge is 0.326 e. The maximum absolute atomic E-state index is 11.2. The van der Waals surface area contributed by atoms with Crippen LogP contribution in [0, 0.1) is 6.92 Å². The summed E-state index contributed by atoms with van der Waals surface area (Å²) in [6, 6.07) is 1.27. The molecule has 0 aromatic carbocycles. The zero-order valence-electron chi connectivity index (χ0n) is 9.56. The van der Waals surface area contributed by atoms with E-state index in [4.69, 9.17) is 11.6 Å². The maximum atomic E-state index is 11.2. The van der Waals surface area contributed by atoms with Crippen LogP contribution >= 0.6 is 11.6 Å². The Labute approximate surface area is 104 Å². The maximum Gasteiger partial charge on any atom is 0.326 e. The van der Waals surface area contributed by atoms with Gasteiger partial charge in [0.2, 0.25) is 5.28 Å². The highest BCUT2D eigenvalue weighted by Gasteiger charge is 2.29. The lowest BCUT2D eigenvalue weighted by molar-refractivity contribution is -0.139. The van der Waals surface area contributed by atoms with Gasteiger partial charge in [-0.1, -0.05) is 0 Å². The standard InChI is InChI=1S/C11H14ClN3O2/c1-7-6-9(14-11(12)13-7)15-5-3-2-4-8(15)10(16)17/h6,8H,2-5H2,1H3,(H,16,17). The van der Waals surface area contributed by atoms with Gasteiger partial charge in [0, 0.05) is 18.3 Å². The monoisotopic (exact) mass is 255 g/mol. The third-order valence-electron chi connectivity index (χ3n) is 2.90. The fraction of sp³-hybridized carbons (Fsp3) is 0.545. The second-order valence-electron chi connectivity index (χ2n) is 4.18. The topological polar surface area (TPSA) is 66.3 Å². The molecule has 1 unspecified atom stereocenters. The molecule has 92 valence electrons. The number of halogens is 1. The van der Waals surface area contributed by atoms with Crippen molar-refractivity contribution in [1.82, 2.24) is 9.97 Å². The molecule has 0 aliphatic carbocycles. The Balaban J connectivity index is 2.32. The number of carboxylic acid groups (broad SMARTS) is 1. The molecule has 0 radical (unpaired) electrons. The number of hydrogen-bond acceptors (Lipinski definition) is 4. The van der Waals surface area contributed by atoms with Gasteiger partial charge < -0.3 is 10.0 Å². The number of aromatic nitrogens is 2. The third-order valence-corrected chi connectivity index (χ3v) is 3.06. The molecule has 1 fully saturated rings. The van der Waals surface area contributed by atoms with Gasteiger partial charge in [-0.2, -0.15) is 0 Å². The highest BCUT2D eigenvalue weighted by Crippen LogP contribution is 2.24. The molecular formula is C11H14ClN3O2. The first kappa shape index (κ1) is 12.1. The van der Waals surface area contributed by atoms with Crippen molar-refractivity contribution in [3.8, 4) is 0 Å². The Bertz CT molecular complexity index is 418.